The zero-order valence-corrected chi connectivity index (χ0v) is 10.0. The fraction of sp³-hybridized carbons (Fsp3) is 0.154. The van der Waals surface area contributed by atoms with Gasteiger partial charge in [-0.1, -0.05) is 6.07 Å². The van der Waals surface area contributed by atoms with E-state index in [1.807, 2.05) is 0 Å². The molecule has 0 bridgehead atoms. The maximum atomic E-state index is 12.5. The molecule has 100 valence electrons. The fourth-order valence-electron chi connectivity index (χ4n) is 1.67. The summed E-state index contributed by atoms with van der Waals surface area (Å²) in [5.41, 5.74) is 0.374. The van der Waals surface area contributed by atoms with E-state index in [4.69, 9.17) is 0 Å². The van der Waals surface area contributed by atoms with Gasteiger partial charge in [-0.25, -0.2) is 0 Å². The molecule has 0 aliphatic heterocycles. The molecule has 0 radical (unpaired) electrons. The molecule has 2 N–H and O–H groups in total. The van der Waals surface area contributed by atoms with E-state index in [0.717, 1.165) is 12.1 Å². The second kappa shape index (κ2) is 4.79. The van der Waals surface area contributed by atoms with Crippen LogP contribution in [-0.2, 0) is 6.18 Å². The van der Waals surface area contributed by atoms with Crippen molar-refractivity contribution in [2.75, 3.05) is 5.32 Å². The summed E-state index contributed by atoms with van der Waals surface area (Å²) in [4.78, 5) is 14.7. The molecule has 0 fully saturated rings. The third-order valence-electron chi connectivity index (χ3n) is 2.65. The number of amides is 1. The normalized spacial score (nSPS) is 11.4. The summed E-state index contributed by atoms with van der Waals surface area (Å²) in [6.07, 6.45) is -2.83. The average molecular weight is 268 g/mol. The van der Waals surface area contributed by atoms with Crippen LogP contribution in [0, 0.1) is 6.92 Å². The first-order valence-electron chi connectivity index (χ1n) is 5.50. The molecule has 2 aromatic rings. The molecular weight excluding hydrogens is 257 g/mol. The van der Waals surface area contributed by atoms with Gasteiger partial charge in [-0.15, -0.1) is 0 Å². The first-order valence-corrected chi connectivity index (χ1v) is 5.50. The molecule has 19 heavy (non-hydrogen) atoms. The predicted octanol–water partition coefficient (Wildman–Crippen LogP) is 3.59. The number of aromatic nitrogens is 1. The summed E-state index contributed by atoms with van der Waals surface area (Å²) in [5.74, 6) is -0.446. The maximum Gasteiger partial charge on any atom is 0.416 e. The van der Waals surface area contributed by atoms with E-state index >= 15 is 0 Å². The number of aromatic amines is 1. The lowest BCUT2D eigenvalue weighted by Gasteiger charge is -2.09. The summed E-state index contributed by atoms with van der Waals surface area (Å²) >= 11 is 0. The van der Waals surface area contributed by atoms with Crippen molar-refractivity contribution in [2.24, 2.45) is 0 Å². The maximum absolute atomic E-state index is 12.5. The molecule has 1 aromatic carbocycles. The number of hydrogen-bond acceptors (Lipinski definition) is 1. The Balaban J connectivity index is 2.21. The van der Waals surface area contributed by atoms with Gasteiger partial charge in [0.1, 0.15) is 0 Å². The van der Waals surface area contributed by atoms with Crippen LogP contribution < -0.4 is 5.32 Å². The number of hydrogen-bond donors (Lipinski definition) is 2. The summed E-state index contributed by atoms with van der Waals surface area (Å²) in [6, 6.07) is 6.09. The number of carbonyl (C=O) groups excluding carboxylic acids is 1. The average Bonchev–Trinajstić information content (AvgIpc) is 2.75. The van der Waals surface area contributed by atoms with Crippen molar-refractivity contribution in [1.82, 2.24) is 4.98 Å². The van der Waals surface area contributed by atoms with Crippen LogP contribution >= 0.6 is 0 Å². The van der Waals surface area contributed by atoms with Crippen LogP contribution in [-0.4, -0.2) is 10.9 Å². The van der Waals surface area contributed by atoms with E-state index in [9.17, 15) is 18.0 Å². The molecule has 2 rings (SSSR count). The molecule has 0 spiro atoms. The molecule has 0 aliphatic carbocycles. The Kier molecular flexibility index (Phi) is 3.33. The molecule has 6 heteroatoms. The van der Waals surface area contributed by atoms with Crippen molar-refractivity contribution in [3.05, 3.63) is 53.3 Å². The molecule has 0 aliphatic rings. The highest BCUT2D eigenvalue weighted by atomic mass is 19.4. The molecule has 1 amide bonds. The number of benzene rings is 1. The molecule has 0 saturated heterocycles. The number of H-pyrrole nitrogens is 1. The van der Waals surface area contributed by atoms with E-state index in [1.54, 1.807) is 19.2 Å². The Bertz CT molecular complexity index is 602. The molecule has 3 nitrogen and oxygen atoms in total. The van der Waals surface area contributed by atoms with Gasteiger partial charge < -0.3 is 10.3 Å². The minimum Gasteiger partial charge on any atom is -0.365 e. The van der Waals surface area contributed by atoms with Crippen LogP contribution in [0.25, 0.3) is 0 Å². The number of nitrogens with one attached hydrogen (secondary N) is 2. The molecule has 1 heterocycles. The minimum atomic E-state index is -4.43. The number of rotatable bonds is 2. The topological polar surface area (TPSA) is 44.9 Å². The van der Waals surface area contributed by atoms with Crippen LogP contribution in [0.5, 0.6) is 0 Å². The Morgan fingerprint density at radius 1 is 1.26 bits per heavy atom. The van der Waals surface area contributed by atoms with Crippen LogP contribution in [0.3, 0.4) is 0 Å². The Labute approximate surface area is 107 Å². The van der Waals surface area contributed by atoms with E-state index in [-0.39, 0.29) is 5.69 Å². The van der Waals surface area contributed by atoms with E-state index in [0.29, 0.717) is 11.3 Å². The Hall–Kier alpha value is -2.24. The number of halogens is 3. The lowest BCUT2D eigenvalue weighted by atomic mass is 10.2. The standard InChI is InChI=1S/C13H11F3N2O/c1-8-11(5-6-17-8)12(19)18-10-4-2-3-9(7-10)13(14,15)16/h2-7,17H,1H3,(H,18,19). The molecule has 0 unspecified atom stereocenters. The van der Waals surface area contributed by atoms with Crippen LogP contribution in [0.2, 0.25) is 0 Å². The summed E-state index contributed by atoms with van der Waals surface area (Å²) in [6.45, 7) is 1.71. The predicted molar refractivity (Wildman–Crippen MR) is 64.9 cm³/mol. The van der Waals surface area contributed by atoms with Crippen molar-refractivity contribution >= 4 is 11.6 Å². The second-order valence-electron chi connectivity index (χ2n) is 4.05. The zero-order chi connectivity index (χ0) is 14.0. The Morgan fingerprint density at radius 2 is 2.00 bits per heavy atom. The number of aryl methyl sites for hydroxylation is 1. The van der Waals surface area contributed by atoms with Gasteiger partial charge in [0.05, 0.1) is 11.1 Å². The van der Waals surface area contributed by atoms with Gasteiger partial charge in [0.15, 0.2) is 0 Å². The lowest BCUT2D eigenvalue weighted by Crippen LogP contribution is -2.13. The van der Waals surface area contributed by atoms with Gasteiger partial charge >= 0.3 is 6.18 Å². The molecule has 0 atom stereocenters. The van der Waals surface area contributed by atoms with Crippen molar-refractivity contribution < 1.29 is 18.0 Å². The van der Waals surface area contributed by atoms with Crippen molar-refractivity contribution in [1.29, 1.82) is 0 Å². The van der Waals surface area contributed by atoms with Crippen molar-refractivity contribution in [2.45, 2.75) is 13.1 Å². The molecule has 1 aromatic heterocycles. The first kappa shape index (κ1) is 13.2. The fourth-order valence-corrected chi connectivity index (χ4v) is 1.67. The quantitative estimate of drug-likeness (QED) is 0.858. The lowest BCUT2D eigenvalue weighted by molar-refractivity contribution is -0.137. The minimum absolute atomic E-state index is 0.112. The van der Waals surface area contributed by atoms with Gasteiger partial charge in [-0.3, -0.25) is 4.79 Å². The third-order valence-corrected chi connectivity index (χ3v) is 2.65. The van der Waals surface area contributed by atoms with Gasteiger partial charge in [-0.05, 0) is 31.2 Å². The van der Waals surface area contributed by atoms with Gasteiger partial charge in [-0.2, -0.15) is 13.2 Å². The smallest absolute Gasteiger partial charge is 0.365 e. The van der Waals surface area contributed by atoms with Crippen molar-refractivity contribution in [3.8, 4) is 0 Å². The molecular formula is C13H11F3N2O. The number of carbonyl (C=O) groups is 1. The summed E-state index contributed by atoms with van der Waals surface area (Å²) < 4.78 is 37.6. The highest BCUT2D eigenvalue weighted by Crippen LogP contribution is 2.30. The number of anilines is 1. The molecule has 0 saturated carbocycles. The van der Waals surface area contributed by atoms with Crippen LogP contribution in [0.1, 0.15) is 21.6 Å². The van der Waals surface area contributed by atoms with Crippen LogP contribution in [0.15, 0.2) is 36.5 Å². The van der Waals surface area contributed by atoms with E-state index in [2.05, 4.69) is 10.3 Å². The highest BCUT2D eigenvalue weighted by Gasteiger charge is 2.30. The highest BCUT2D eigenvalue weighted by molar-refractivity contribution is 6.05. The first-order chi connectivity index (χ1) is 8.88. The zero-order valence-electron chi connectivity index (χ0n) is 10.0. The van der Waals surface area contributed by atoms with E-state index in [1.165, 1.54) is 12.1 Å². The summed E-state index contributed by atoms with van der Waals surface area (Å²) in [7, 11) is 0. The van der Waals surface area contributed by atoms with Crippen LogP contribution in [0.4, 0.5) is 18.9 Å². The third kappa shape index (κ3) is 2.96. The monoisotopic (exact) mass is 268 g/mol. The Morgan fingerprint density at radius 3 is 2.58 bits per heavy atom. The second-order valence-corrected chi connectivity index (χ2v) is 4.05. The van der Waals surface area contributed by atoms with Gasteiger partial charge in [0, 0.05) is 17.6 Å². The van der Waals surface area contributed by atoms with E-state index < -0.39 is 17.6 Å². The SMILES string of the molecule is Cc1[nH]ccc1C(=O)Nc1cccc(C(F)(F)F)c1. The largest absolute Gasteiger partial charge is 0.416 e. The number of alkyl halides is 3. The van der Waals surface area contributed by atoms with Gasteiger partial charge in [0.25, 0.3) is 5.91 Å². The van der Waals surface area contributed by atoms with Crippen molar-refractivity contribution in [3.63, 3.8) is 0 Å². The summed E-state index contributed by atoms with van der Waals surface area (Å²) in [5, 5.41) is 2.44. The van der Waals surface area contributed by atoms with Gasteiger partial charge in [0.2, 0.25) is 0 Å².